The van der Waals surface area contributed by atoms with Gasteiger partial charge in [0.05, 0.1) is 0 Å². The summed E-state index contributed by atoms with van der Waals surface area (Å²) >= 11 is 0. The van der Waals surface area contributed by atoms with Crippen LogP contribution in [0.1, 0.15) is 15.9 Å². The van der Waals surface area contributed by atoms with Crippen LogP contribution in [0.3, 0.4) is 0 Å². The van der Waals surface area contributed by atoms with Crippen molar-refractivity contribution in [2.45, 2.75) is 6.54 Å². The molecule has 2 heterocycles. The third-order valence-corrected chi connectivity index (χ3v) is 4.30. The van der Waals surface area contributed by atoms with Gasteiger partial charge < -0.3 is 14.3 Å². The molecule has 124 valence electrons. The second-order valence-electron chi connectivity index (χ2n) is 5.95. The summed E-state index contributed by atoms with van der Waals surface area (Å²) in [6, 6.07) is 16.7. The Kier molecular flexibility index (Phi) is 3.61. The van der Waals surface area contributed by atoms with Crippen molar-refractivity contribution in [1.82, 2.24) is 9.88 Å². The number of rotatable bonds is 3. The van der Waals surface area contributed by atoms with E-state index in [1.807, 2.05) is 48.1 Å². The Morgan fingerprint density at radius 1 is 1.12 bits per heavy atom. The Hall–Kier alpha value is -3.34. The first-order valence-corrected chi connectivity index (χ1v) is 7.97. The molecule has 4 rings (SSSR count). The number of nitrogens with zero attached hydrogens (tertiary/aromatic N) is 1. The maximum atomic E-state index is 12.4. The Balaban J connectivity index is 1.62. The Labute approximate surface area is 143 Å². The van der Waals surface area contributed by atoms with E-state index in [9.17, 15) is 9.59 Å². The molecule has 0 saturated carbocycles. The van der Waals surface area contributed by atoms with Gasteiger partial charge in [-0.3, -0.25) is 4.79 Å². The second-order valence-corrected chi connectivity index (χ2v) is 5.95. The maximum Gasteiger partial charge on any atom is 0.349 e. The average Bonchev–Trinajstić information content (AvgIpc) is 2.95. The van der Waals surface area contributed by atoms with Crippen LogP contribution in [-0.2, 0) is 13.6 Å². The van der Waals surface area contributed by atoms with Crippen molar-refractivity contribution in [2.24, 2.45) is 7.05 Å². The van der Waals surface area contributed by atoms with E-state index in [4.69, 9.17) is 4.42 Å². The zero-order valence-electron chi connectivity index (χ0n) is 13.7. The van der Waals surface area contributed by atoms with Crippen LogP contribution >= 0.6 is 0 Å². The van der Waals surface area contributed by atoms with Crippen LogP contribution in [0.2, 0.25) is 0 Å². The molecule has 1 N–H and O–H groups in total. The number of hydrogen-bond donors (Lipinski definition) is 1. The number of para-hydroxylation sites is 2. The molecule has 5 heteroatoms. The lowest BCUT2D eigenvalue weighted by molar-refractivity contribution is 0.0947. The smallest absolute Gasteiger partial charge is 0.349 e. The van der Waals surface area contributed by atoms with E-state index < -0.39 is 11.5 Å². The van der Waals surface area contributed by atoms with Gasteiger partial charge in [-0.25, -0.2) is 4.79 Å². The Morgan fingerprint density at radius 2 is 1.88 bits per heavy atom. The van der Waals surface area contributed by atoms with Crippen molar-refractivity contribution in [2.75, 3.05) is 0 Å². The summed E-state index contributed by atoms with van der Waals surface area (Å²) in [7, 11) is 1.96. The number of aryl methyl sites for hydroxylation is 1. The van der Waals surface area contributed by atoms with Gasteiger partial charge in [0.25, 0.3) is 5.91 Å². The fourth-order valence-corrected chi connectivity index (χ4v) is 3.06. The summed E-state index contributed by atoms with van der Waals surface area (Å²) in [5.41, 5.74) is 1.94. The first kappa shape index (κ1) is 15.2. The van der Waals surface area contributed by atoms with Crippen LogP contribution in [0.15, 0.2) is 70.0 Å². The predicted molar refractivity (Wildman–Crippen MR) is 96.6 cm³/mol. The van der Waals surface area contributed by atoms with Gasteiger partial charge in [-0.2, -0.15) is 0 Å². The minimum atomic E-state index is -0.630. The molecular formula is C20H16N2O3. The quantitative estimate of drug-likeness (QED) is 0.586. The molecule has 0 spiro atoms. The summed E-state index contributed by atoms with van der Waals surface area (Å²) < 4.78 is 7.23. The lowest BCUT2D eigenvalue weighted by atomic mass is 10.1. The molecule has 0 aliphatic heterocycles. The summed E-state index contributed by atoms with van der Waals surface area (Å²) in [5.74, 6) is -0.438. The highest BCUT2D eigenvalue weighted by Gasteiger charge is 2.14. The summed E-state index contributed by atoms with van der Waals surface area (Å²) in [4.78, 5) is 24.5. The third kappa shape index (κ3) is 2.70. The van der Waals surface area contributed by atoms with Crippen molar-refractivity contribution in [3.8, 4) is 0 Å². The largest absolute Gasteiger partial charge is 0.422 e. The summed E-state index contributed by atoms with van der Waals surface area (Å²) in [5, 5.41) is 4.61. The van der Waals surface area contributed by atoms with E-state index in [1.54, 1.807) is 24.3 Å². The van der Waals surface area contributed by atoms with E-state index in [1.165, 1.54) is 0 Å². The van der Waals surface area contributed by atoms with E-state index >= 15 is 0 Å². The van der Waals surface area contributed by atoms with Crippen LogP contribution in [0.4, 0.5) is 0 Å². The molecule has 0 fully saturated rings. The zero-order valence-corrected chi connectivity index (χ0v) is 13.7. The molecule has 0 atom stereocenters. The van der Waals surface area contributed by atoms with E-state index in [0.29, 0.717) is 12.1 Å². The van der Waals surface area contributed by atoms with Gasteiger partial charge in [0.1, 0.15) is 11.1 Å². The normalized spacial score (nSPS) is 11.1. The number of nitrogens with one attached hydrogen (secondary N) is 1. The van der Waals surface area contributed by atoms with Crippen LogP contribution in [0.25, 0.3) is 21.9 Å². The van der Waals surface area contributed by atoms with Crippen molar-refractivity contribution in [3.63, 3.8) is 0 Å². The molecule has 25 heavy (non-hydrogen) atoms. The van der Waals surface area contributed by atoms with Gasteiger partial charge in [0.15, 0.2) is 0 Å². The number of benzene rings is 2. The van der Waals surface area contributed by atoms with Crippen LogP contribution in [0, 0.1) is 0 Å². The molecule has 4 aromatic rings. The molecule has 0 aliphatic carbocycles. The van der Waals surface area contributed by atoms with Gasteiger partial charge >= 0.3 is 5.63 Å². The SMILES string of the molecule is Cn1cc(CNC(=O)c2cc3ccccc3oc2=O)c2ccccc21. The van der Waals surface area contributed by atoms with Crippen LogP contribution in [-0.4, -0.2) is 10.5 Å². The minimum Gasteiger partial charge on any atom is -0.422 e. The summed E-state index contributed by atoms with van der Waals surface area (Å²) in [6.07, 6.45) is 1.98. The number of aromatic nitrogens is 1. The Bertz CT molecular complexity index is 1150. The van der Waals surface area contributed by atoms with E-state index in [-0.39, 0.29) is 5.56 Å². The molecule has 2 aromatic heterocycles. The molecule has 0 radical (unpaired) electrons. The lowest BCUT2D eigenvalue weighted by Gasteiger charge is -2.05. The van der Waals surface area contributed by atoms with Gasteiger partial charge in [-0.15, -0.1) is 0 Å². The van der Waals surface area contributed by atoms with Crippen molar-refractivity contribution in [3.05, 3.63) is 82.3 Å². The molecular weight excluding hydrogens is 316 g/mol. The first-order chi connectivity index (χ1) is 12.1. The highest BCUT2D eigenvalue weighted by atomic mass is 16.4. The van der Waals surface area contributed by atoms with Crippen molar-refractivity contribution < 1.29 is 9.21 Å². The zero-order chi connectivity index (χ0) is 17.4. The van der Waals surface area contributed by atoms with Gasteiger partial charge in [-0.05, 0) is 23.8 Å². The number of amides is 1. The minimum absolute atomic E-state index is 0.0129. The van der Waals surface area contributed by atoms with Gasteiger partial charge in [0, 0.05) is 36.1 Å². The highest BCUT2D eigenvalue weighted by Crippen LogP contribution is 2.20. The van der Waals surface area contributed by atoms with Crippen molar-refractivity contribution in [1.29, 1.82) is 0 Å². The maximum absolute atomic E-state index is 12.4. The van der Waals surface area contributed by atoms with Crippen LogP contribution < -0.4 is 10.9 Å². The molecule has 1 amide bonds. The van der Waals surface area contributed by atoms with E-state index in [0.717, 1.165) is 21.9 Å². The summed E-state index contributed by atoms with van der Waals surface area (Å²) in [6.45, 7) is 0.340. The average molecular weight is 332 g/mol. The van der Waals surface area contributed by atoms with Gasteiger partial charge in [-0.1, -0.05) is 36.4 Å². The lowest BCUT2D eigenvalue weighted by Crippen LogP contribution is -2.27. The number of fused-ring (bicyclic) bond motifs is 2. The number of hydrogen-bond acceptors (Lipinski definition) is 3. The highest BCUT2D eigenvalue weighted by molar-refractivity contribution is 5.96. The monoisotopic (exact) mass is 332 g/mol. The van der Waals surface area contributed by atoms with E-state index in [2.05, 4.69) is 5.32 Å². The molecule has 0 saturated heterocycles. The molecule has 0 bridgehead atoms. The Morgan fingerprint density at radius 3 is 2.76 bits per heavy atom. The topological polar surface area (TPSA) is 64.2 Å². The molecule has 5 nitrogen and oxygen atoms in total. The number of carbonyl (C=O) groups excluding carboxylic acids is 1. The number of carbonyl (C=O) groups is 1. The predicted octanol–water partition coefficient (Wildman–Crippen LogP) is 3.21. The molecule has 0 aliphatic rings. The fourth-order valence-electron chi connectivity index (χ4n) is 3.06. The van der Waals surface area contributed by atoms with Gasteiger partial charge in [0.2, 0.25) is 0 Å². The molecule has 2 aromatic carbocycles. The molecule has 0 unspecified atom stereocenters. The first-order valence-electron chi connectivity index (χ1n) is 7.97. The fraction of sp³-hybridized carbons (Fsp3) is 0.100. The van der Waals surface area contributed by atoms with Crippen molar-refractivity contribution >= 4 is 27.8 Å². The third-order valence-electron chi connectivity index (χ3n) is 4.30. The van der Waals surface area contributed by atoms with Crippen LogP contribution in [0.5, 0.6) is 0 Å². The second kappa shape index (κ2) is 5.94. The standard InChI is InChI=1S/C20H16N2O3/c1-22-12-14(15-7-3-4-8-17(15)22)11-21-19(23)16-10-13-6-2-5-9-18(13)25-20(16)24/h2-10,12H,11H2,1H3,(H,21,23).